The Morgan fingerprint density at radius 1 is 1.25 bits per heavy atom. The first kappa shape index (κ1) is 14.0. The SMILES string of the molecule is COc1ccc(OCC(=O)c2nc(C(=O)[O-])cs2)cc1. The number of carboxylic acid groups (broad SMARTS) is 1. The molecule has 0 saturated heterocycles. The zero-order chi connectivity index (χ0) is 14.5. The van der Waals surface area contributed by atoms with Crippen molar-refractivity contribution in [2.75, 3.05) is 13.7 Å². The molecule has 1 aromatic heterocycles. The monoisotopic (exact) mass is 292 g/mol. The van der Waals surface area contributed by atoms with Crippen LogP contribution in [0.2, 0.25) is 0 Å². The fourth-order valence-electron chi connectivity index (χ4n) is 1.38. The summed E-state index contributed by atoms with van der Waals surface area (Å²) in [7, 11) is 1.55. The van der Waals surface area contributed by atoms with Crippen molar-refractivity contribution in [3.05, 3.63) is 40.3 Å². The van der Waals surface area contributed by atoms with Gasteiger partial charge in [0, 0.05) is 5.38 Å². The molecule has 0 N–H and O–H groups in total. The predicted molar refractivity (Wildman–Crippen MR) is 69.3 cm³/mol. The van der Waals surface area contributed by atoms with E-state index in [0.29, 0.717) is 11.5 Å². The maximum Gasteiger partial charge on any atom is 0.228 e. The van der Waals surface area contributed by atoms with Crippen LogP contribution in [0.15, 0.2) is 29.6 Å². The number of hydrogen-bond donors (Lipinski definition) is 0. The summed E-state index contributed by atoms with van der Waals surface area (Å²) in [5, 5.41) is 11.9. The van der Waals surface area contributed by atoms with E-state index >= 15 is 0 Å². The number of carbonyl (C=O) groups excluding carboxylic acids is 2. The molecule has 2 rings (SSSR count). The van der Waals surface area contributed by atoms with E-state index in [1.54, 1.807) is 31.4 Å². The van der Waals surface area contributed by atoms with Gasteiger partial charge in [-0.05, 0) is 24.3 Å². The number of hydrogen-bond acceptors (Lipinski definition) is 7. The van der Waals surface area contributed by atoms with E-state index in [1.807, 2.05) is 0 Å². The summed E-state index contributed by atoms with van der Waals surface area (Å²) in [6.07, 6.45) is 0. The molecule has 104 valence electrons. The molecule has 0 spiro atoms. The fraction of sp³-hybridized carbons (Fsp3) is 0.154. The Bertz CT molecular complexity index is 620. The van der Waals surface area contributed by atoms with Crippen LogP contribution in [0.4, 0.5) is 0 Å². The Morgan fingerprint density at radius 2 is 1.90 bits per heavy atom. The number of aromatic nitrogens is 1. The summed E-state index contributed by atoms with van der Waals surface area (Å²) < 4.78 is 10.3. The van der Waals surface area contributed by atoms with Crippen molar-refractivity contribution in [2.45, 2.75) is 0 Å². The average molecular weight is 292 g/mol. The smallest absolute Gasteiger partial charge is 0.228 e. The van der Waals surface area contributed by atoms with Crippen LogP contribution in [-0.2, 0) is 0 Å². The summed E-state index contributed by atoms with van der Waals surface area (Å²) in [6.45, 7) is -0.216. The van der Waals surface area contributed by atoms with Gasteiger partial charge in [0.2, 0.25) is 5.78 Å². The summed E-state index contributed by atoms with van der Waals surface area (Å²) in [4.78, 5) is 26.0. The van der Waals surface area contributed by atoms with Crippen LogP contribution < -0.4 is 14.6 Å². The van der Waals surface area contributed by atoms with Gasteiger partial charge in [-0.2, -0.15) is 0 Å². The van der Waals surface area contributed by atoms with Crippen LogP contribution in [0.1, 0.15) is 20.3 Å². The summed E-state index contributed by atoms with van der Waals surface area (Å²) in [5.41, 5.74) is -0.247. The lowest BCUT2D eigenvalue weighted by molar-refractivity contribution is -0.255. The number of ketones is 1. The summed E-state index contributed by atoms with van der Waals surface area (Å²) in [5.74, 6) is -0.604. The number of aromatic carboxylic acids is 1. The lowest BCUT2D eigenvalue weighted by Gasteiger charge is -2.05. The highest BCUT2D eigenvalue weighted by molar-refractivity contribution is 7.11. The van der Waals surface area contributed by atoms with Gasteiger partial charge in [-0.15, -0.1) is 11.3 Å². The van der Waals surface area contributed by atoms with Crippen molar-refractivity contribution in [1.82, 2.24) is 4.98 Å². The molecule has 0 unspecified atom stereocenters. The van der Waals surface area contributed by atoms with E-state index in [2.05, 4.69) is 4.98 Å². The second-order valence-electron chi connectivity index (χ2n) is 3.71. The van der Waals surface area contributed by atoms with Crippen LogP contribution in [0.5, 0.6) is 11.5 Å². The first-order valence-electron chi connectivity index (χ1n) is 5.57. The second kappa shape index (κ2) is 6.16. The first-order valence-corrected chi connectivity index (χ1v) is 6.45. The Labute approximate surface area is 118 Å². The van der Waals surface area contributed by atoms with E-state index in [4.69, 9.17) is 9.47 Å². The Morgan fingerprint density at radius 3 is 2.45 bits per heavy atom. The number of rotatable bonds is 6. The van der Waals surface area contributed by atoms with Gasteiger partial charge in [0.1, 0.15) is 11.5 Å². The molecule has 7 heteroatoms. The van der Waals surface area contributed by atoms with Gasteiger partial charge < -0.3 is 19.4 Å². The van der Waals surface area contributed by atoms with Gasteiger partial charge in [0.25, 0.3) is 0 Å². The van der Waals surface area contributed by atoms with Gasteiger partial charge in [-0.3, -0.25) is 4.79 Å². The third-order valence-electron chi connectivity index (χ3n) is 2.38. The topological polar surface area (TPSA) is 88.6 Å². The maximum atomic E-state index is 11.8. The van der Waals surface area contributed by atoms with Gasteiger partial charge in [-0.25, -0.2) is 4.98 Å². The molecule has 0 aliphatic rings. The van der Waals surface area contributed by atoms with E-state index in [1.165, 1.54) is 5.38 Å². The van der Waals surface area contributed by atoms with Crippen molar-refractivity contribution in [2.24, 2.45) is 0 Å². The molecular formula is C13H10NO5S-. The van der Waals surface area contributed by atoms with Gasteiger partial charge in [0.05, 0.1) is 18.8 Å². The van der Waals surface area contributed by atoms with Crippen LogP contribution in [0.3, 0.4) is 0 Å². The van der Waals surface area contributed by atoms with E-state index in [9.17, 15) is 14.7 Å². The molecule has 0 amide bonds. The molecule has 2 aromatic rings. The fourth-order valence-corrected chi connectivity index (χ4v) is 2.09. The number of benzene rings is 1. The minimum Gasteiger partial charge on any atom is -0.543 e. The molecule has 20 heavy (non-hydrogen) atoms. The molecule has 0 saturated carbocycles. The first-order chi connectivity index (χ1) is 9.60. The van der Waals surface area contributed by atoms with E-state index in [-0.39, 0.29) is 17.3 Å². The van der Waals surface area contributed by atoms with Gasteiger partial charge in [-0.1, -0.05) is 0 Å². The van der Waals surface area contributed by atoms with Crippen molar-refractivity contribution in [3.8, 4) is 11.5 Å². The number of Topliss-reactive ketones (excluding diaryl/α,β-unsaturated/α-hetero) is 1. The van der Waals surface area contributed by atoms with Crippen molar-refractivity contribution in [3.63, 3.8) is 0 Å². The highest BCUT2D eigenvalue weighted by Gasteiger charge is 2.12. The van der Waals surface area contributed by atoms with E-state index in [0.717, 1.165) is 11.3 Å². The average Bonchev–Trinajstić information content (AvgIpc) is 2.95. The molecule has 0 atom stereocenters. The predicted octanol–water partition coefficient (Wildman–Crippen LogP) is 0.777. The quantitative estimate of drug-likeness (QED) is 0.731. The standard InChI is InChI=1S/C13H11NO5S/c1-18-8-2-4-9(5-3-8)19-6-11(15)12-14-10(7-20-12)13(16)17/h2-5,7H,6H2,1H3,(H,16,17)/p-1. The number of ether oxygens (including phenoxy) is 2. The Hall–Kier alpha value is -2.41. The summed E-state index contributed by atoms with van der Waals surface area (Å²) in [6, 6.07) is 6.75. The molecule has 1 heterocycles. The minimum absolute atomic E-state index is 0.0812. The maximum absolute atomic E-state index is 11.8. The van der Waals surface area contributed by atoms with Gasteiger partial charge >= 0.3 is 0 Å². The van der Waals surface area contributed by atoms with Crippen molar-refractivity contribution < 1.29 is 24.2 Å². The van der Waals surface area contributed by atoms with Crippen LogP contribution in [0, 0.1) is 0 Å². The van der Waals surface area contributed by atoms with Crippen LogP contribution in [0.25, 0.3) is 0 Å². The lowest BCUT2D eigenvalue weighted by Crippen LogP contribution is -2.23. The third kappa shape index (κ3) is 3.33. The Balaban J connectivity index is 1.95. The summed E-state index contributed by atoms with van der Waals surface area (Å²) >= 11 is 0.946. The van der Waals surface area contributed by atoms with Crippen molar-refractivity contribution in [1.29, 1.82) is 0 Å². The zero-order valence-corrected chi connectivity index (χ0v) is 11.3. The number of carboxylic acids is 1. The highest BCUT2D eigenvalue weighted by atomic mass is 32.1. The molecule has 0 aliphatic heterocycles. The van der Waals surface area contributed by atoms with Crippen molar-refractivity contribution >= 4 is 23.1 Å². The molecule has 0 bridgehead atoms. The highest BCUT2D eigenvalue weighted by Crippen LogP contribution is 2.17. The number of carbonyl (C=O) groups is 2. The van der Waals surface area contributed by atoms with E-state index < -0.39 is 11.8 Å². The molecule has 0 fully saturated rings. The lowest BCUT2D eigenvalue weighted by atomic mass is 10.3. The Kier molecular flexibility index (Phi) is 4.31. The second-order valence-corrected chi connectivity index (χ2v) is 4.57. The molecule has 6 nitrogen and oxygen atoms in total. The molecular weight excluding hydrogens is 282 g/mol. The number of thiazole rings is 1. The molecule has 0 radical (unpaired) electrons. The molecule has 0 aliphatic carbocycles. The number of methoxy groups -OCH3 is 1. The largest absolute Gasteiger partial charge is 0.543 e. The molecule has 1 aromatic carbocycles. The minimum atomic E-state index is -1.41. The normalized spacial score (nSPS) is 10.1. The third-order valence-corrected chi connectivity index (χ3v) is 3.26. The number of nitrogens with zero attached hydrogens (tertiary/aromatic N) is 1. The van der Waals surface area contributed by atoms with Gasteiger partial charge in [0.15, 0.2) is 11.6 Å². The zero-order valence-electron chi connectivity index (χ0n) is 10.5. The van der Waals surface area contributed by atoms with Crippen LogP contribution in [-0.4, -0.2) is 30.5 Å². The van der Waals surface area contributed by atoms with Crippen LogP contribution >= 0.6 is 11.3 Å².